The Balaban J connectivity index is 0.00000384. The van der Waals surface area contributed by atoms with Crippen LogP contribution < -0.4 is 0 Å². The fourth-order valence-corrected chi connectivity index (χ4v) is 6.97. The van der Waals surface area contributed by atoms with Crippen molar-refractivity contribution in [2.75, 3.05) is 0 Å². The predicted octanol–water partition coefficient (Wildman–Crippen LogP) is 11.9. The molecule has 0 fully saturated rings. The third-order valence-corrected chi connectivity index (χ3v) is 9.50. The van der Waals surface area contributed by atoms with Crippen LogP contribution in [-0.2, 0) is 38.4 Å². The summed E-state index contributed by atoms with van der Waals surface area (Å²) in [6.07, 6.45) is 12.8. The molecule has 1 heterocycles. The number of hydrogen-bond donors (Lipinski definition) is 0. The molecule has 1 radical (unpaired) electrons. The molecule has 1 aliphatic rings. The number of unbranched alkanes of at least 4 members (excludes halogenated alkanes) is 6. The monoisotopic (exact) mass is 757 g/mol. The van der Waals surface area contributed by atoms with Gasteiger partial charge in [0, 0.05) is 20.1 Å². The van der Waals surface area contributed by atoms with Crippen molar-refractivity contribution in [3.05, 3.63) is 113 Å². The van der Waals surface area contributed by atoms with E-state index in [1.807, 2.05) is 0 Å². The maximum absolute atomic E-state index is 5.12. The summed E-state index contributed by atoms with van der Waals surface area (Å²) in [6, 6.07) is 35.4. The van der Waals surface area contributed by atoms with Gasteiger partial charge in [0.15, 0.2) is 0 Å². The van der Waals surface area contributed by atoms with Crippen LogP contribution in [0.15, 0.2) is 84.9 Å². The smallest absolute Gasteiger partial charge is 0.0595 e. The summed E-state index contributed by atoms with van der Waals surface area (Å²) in [4.78, 5) is 5.12. The number of benzene rings is 4. The number of aromatic nitrogens is 1. The molecule has 0 bridgehead atoms. The van der Waals surface area contributed by atoms with E-state index in [9.17, 15) is 0 Å². The minimum absolute atomic E-state index is 0. The molecule has 44 heavy (non-hydrogen) atoms. The van der Waals surface area contributed by atoms with E-state index < -0.39 is 0 Å². The van der Waals surface area contributed by atoms with E-state index in [2.05, 4.69) is 119 Å². The van der Waals surface area contributed by atoms with E-state index in [-0.39, 0.29) is 25.5 Å². The second kappa shape index (κ2) is 14.4. The predicted molar refractivity (Wildman–Crippen MR) is 185 cm³/mol. The van der Waals surface area contributed by atoms with Crippen LogP contribution in [0.25, 0.3) is 44.4 Å². The molecule has 0 unspecified atom stereocenters. The molecule has 6 rings (SSSR count). The number of rotatable bonds is 12. The zero-order valence-corrected chi connectivity index (χ0v) is 29.3. The third kappa shape index (κ3) is 6.78. The van der Waals surface area contributed by atoms with Crippen LogP contribution in [0.5, 0.6) is 0 Å². The van der Waals surface area contributed by atoms with Gasteiger partial charge in [0.1, 0.15) is 0 Å². The van der Waals surface area contributed by atoms with Crippen molar-refractivity contribution in [3.63, 3.8) is 0 Å². The number of hydrogen-bond acceptors (Lipinski definition) is 1. The molecule has 0 saturated carbocycles. The second-order valence-corrected chi connectivity index (χ2v) is 13.1. The molecular weight excluding hydrogens is 711 g/mol. The molecule has 229 valence electrons. The number of nitrogens with zero attached hydrogens (tertiary/aromatic N) is 1. The summed E-state index contributed by atoms with van der Waals surface area (Å²) in [6.45, 7) is 9.23. The molecule has 0 atom stereocenters. The average Bonchev–Trinajstić information content (AvgIpc) is 3.27. The second-order valence-electron chi connectivity index (χ2n) is 13.1. The molecule has 2 heteroatoms. The molecule has 0 N–H and O–H groups in total. The summed E-state index contributed by atoms with van der Waals surface area (Å²) in [7, 11) is 0. The fourth-order valence-electron chi connectivity index (χ4n) is 6.97. The first-order chi connectivity index (χ1) is 21.0. The van der Waals surface area contributed by atoms with Crippen LogP contribution in [0, 0.1) is 6.07 Å². The Morgan fingerprint density at radius 1 is 0.636 bits per heavy atom. The Morgan fingerprint density at radius 2 is 1.34 bits per heavy atom. The van der Waals surface area contributed by atoms with Crippen LogP contribution >= 0.6 is 0 Å². The summed E-state index contributed by atoms with van der Waals surface area (Å²) >= 11 is 0. The van der Waals surface area contributed by atoms with E-state index in [1.54, 1.807) is 0 Å². The summed E-state index contributed by atoms with van der Waals surface area (Å²) in [5.74, 6) is 0. The van der Waals surface area contributed by atoms with Gasteiger partial charge in [-0.3, -0.25) is 4.98 Å². The maximum Gasteiger partial charge on any atom is 0.0595 e. The number of pyridine rings is 1. The normalized spacial score (nSPS) is 13.0. The van der Waals surface area contributed by atoms with E-state index in [4.69, 9.17) is 4.98 Å². The topological polar surface area (TPSA) is 12.9 Å². The van der Waals surface area contributed by atoms with E-state index in [0.29, 0.717) is 0 Å². The van der Waals surface area contributed by atoms with Crippen molar-refractivity contribution in [1.82, 2.24) is 4.98 Å². The van der Waals surface area contributed by atoms with Crippen molar-refractivity contribution in [1.29, 1.82) is 0 Å². The molecule has 1 aliphatic carbocycles. The van der Waals surface area contributed by atoms with E-state index in [0.717, 1.165) is 16.8 Å². The van der Waals surface area contributed by atoms with Gasteiger partial charge in [0.2, 0.25) is 0 Å². The van der Waals surface area contributed by atoms with Crippen LogP contribution in [0.2, 0.25) is 0 Å². The minimum atomic E-state index is -0.0269. The molecule has 0 aliphatic heterocycles. The van der Waals surface area contributed by atoms with Crippen LogP contribution in [-0.4, -0.2) is 4.98 Å². The van der Waals surface area contributed by atoms with Gasteiger partial charge in [-0.15, -0.1) is 29.3 Å². The van der Waals surface area contributed by atoms with Gasteiger partial charge < -0.3 is 0 Å². The van der Waals surface area contributed by atoms with Crippen molar-refractivity contribution in [3.8, 4) is 33.5 Å². The van der Waals surface area contributed by atoms with Gasteiger partial charge >= 0.3 is 0 Å². The first-order valence-electron chi connectivity index (χ1n) is 16.7. The van der Waals surface area contributed by atoms with Gasteiger partial charge in [-0.05, 0) is 82.1 Å². The number of fused-ring (bicyclic) bond motifs is 4. The third-order valence-electron chi connectivity index (χ3n) is 9.50. The summed E-state index contributed by atoms with van der Waals surface area (Å²) in [5.41, 5.74) is 14.1. The quantitative estimate of drug-likeness (QED) is 0.0912. The molecule has 0 amide bonds. The summed E-state index contributed by atoms with van der Waals surface area (Å²) < 4.78 is 0. The molecular formula is C42H46IrN-. The van der Waals surface area contributed by atoms with Gasteiger partial charge in [0.25, 0.3) is 0 Å². The number of aryl methyl sites for hydroxylation is 2. The first kappa shape index (κ1) is 32.3. The van der Waals surface area contributed by atoms with Gasteiger partial charge in [0.05, 0.1) is 5.52 Å². The molecule has 5 aromatic rings. The van der Waals surface area contributed by atoms with E-state index in [1.165, 1.54) is 114 Å². The standard InChI is InChI=1S/C42H46N.Ir/c1-5-7-9-11-15-30-25-31(16-12-10-8-6-2)27-35(26-30)32-20-23-40-33(28-32)21-24-41(43-40)34-19-22-37-36-17-13-14-18-38(36)42(3,4)39(37)29-34;/h13-14,17-18,20-29H,5-12,15-16H2,1-4H3;/q-1;. The van der Waals surface area contributed by atoms with Crippen LogP contribution in [0.1, 0.15) is 101 Å². The van der Waals surface area contributed by atoms with Crippen molar-refractivity contribution >= 4 is 10.9 Å². The molecule has 0 spiro atoms. The van der Waals surface area contributed by atoms with Crippen LogP contribution in [0.4, 0.5) is 0 Å². The van der Waals surface area contributed by atoms with Crippen LogP contribution in [0.3, 0.4) is 0 Å². The summed E-state index contributed by atoms with van der Waals surface area (Å²) in [5, 5.41) is 1.19. The Bertz CT molecular complexity index is 1700. The van der Waals surface area contributed by atoms with Gasteiger partial charge in [-0.2, -0.15) is 0 Å². The van der Waals surface area contributed by atoms with Crippen molar-refractivity contribution in [2.45, 2.75) is 97.3 Å². The SMILES string of the molecule is CCCCCCc1cc(CCCCCC)cc(-c2ccc3nc(-c4[c-]cc5c(c4)C(C)(C)c4ccccc4-5)ccc3c2)c1.[Ir]. The Hall–Kier alpha value is -3.06. The van der Waals surface area contributed by atoms with Gasteiger partial charge in [-0.25, -0.2) is 0 Å². The fraction of sp³-hybridized carbons (Fsp3) is 0.357. The maximum atomic E-state index is 5.12. The molecule has 0 saturated heterocycles. The average molecular weight is 757 g/mol. The molecule has 1 aromatic heterocycles. The van der Waals surface area contributed by atoms with Crippen molar-refractivity contribution < 1.29 is 20.1 Å². The zero-order chi connectivity index (χ0) is 29.8. The Labute approximate surface area is 278 Å². The molecule has 1 nitrogen and oxygen atoms in total. The zero-order valence-electron chi connectivity index (χ0n) is 26.9. The van der Waals surface area contributed by atoms with Gasteiger partial charge in [-0.1, -0.05) is 138 Å². The minimum Gasteiger partial charge on any atom is -0.296 e. The largest absolute Gasteiger partial charge is 0.296 e. The Kier molecular flexibility index (Phi) is 10.6. The van der Waals surface area contributed by atoms with Crippen molar-refractivity contribution in [2.24, 2.45) is 0 Å². The first-order valence-corrected chi connectivity index (χ1v) is 16.7. The Morgan fingerprint density at radius 3 is 2.05 bits per heavy atom. The molecule has 4 aromatic carbocycles. The van der Waals surface area contributed by atoms with E-state index >= 15 is 0 Å².